The Bertz CT molecular complexity index is 488. The predicted octanol–water partition coefficient (Wildman–Crippen LogP) is 4.57. The summed E-state index contributed by atoms with van der Waals surface area (Å²) in [5.74, 6) is -2.45. The summed E-state index contributed by atoms with van der Waals surface area (Å²) < 4.78 is 15.5. The molecule has 0 aliphatic carbocycles. The molecule has 0 amide bonds. The number of ether oxygens (including phenoxy) is 3. The lowest BCUT2D eigenvalue weighted by Crippen LogP contribution is -2.30. The quantitative estimate of drug-likeness (QED) is 0.155. The van der Waals surface area contributed by atoms with Crippen LogP contribution < -0.4 is 0 Å². The van der Waals surface area contributed by atoms with E-state index in [0.29, 0.717) is 6.42 Å². The first-order valence-electron chi connectivity index (χ1n) is 11.6. The molecule has 0 spiro atoms. The van der Waals surface area contributed by atoms with Gasteiger partial charge >= 0.3 is 17.9 Å². The minimum atomic E-state index is -1.23. The SMILES string of the molecule is CCCCCCCC(=O)COC(COC(=O)CCCCCCC)OC(=O)CCC(=O)O. The summed E-state index contributed by atoms with van der Waals surface area (Å²) >= 11 is 0. The summed E-state index contributed by atoms with van der Waals surface area (Å²) in [6.45, 7) is 3.66. The van der Waals surface area contributed by atoms with Gasteiger partial charge in [-0.15, -0.1) is 0 Å². The monoisotopic (exact) mass is 444 g/mol. The minimum absolute atomic E-state index is 0.120. The fraction of sp³-hybridized carbons (Fsp3) is 0.826. The van der Waals surface area contributed by atoms with Crippen LogP contribution in [0.15, 0.2) is 0 Å². The number of rotatable bonds is 21. The molecule has 0 bridgehead atoms. The molecule has 0 saturated heterocycles. The molecule has 0 aromatic heterocycles. The Balaban J connectivity index is 4.37. The van der Waals surface area contributed by atoms with Crippen molar-refractivity contribution < 1.29 is 38.5 Å². The predicted molar refractivity (Wildman–Crippen MR) is 115 cm³/mol. The zero-order valence-corrected chi connectivity index (χ0v) is 19.2. The van der Waals surface area contributed by atoms with Crippen molar-refractivity contribution in [2.45, 2.75) is 110 Å². The molecule has 31 heavy (non-hydrogen) atoms. The third-order valence-electron chi connectivity index (χ3n) is 4.66. The average molecular weight is 445 g/mol. The van der Waals surface area contributed by atoms with Gasteiger partial charge in [0.05, 0.1) is 12.8 Å². The van der Waals surface area contributed by atoms with Gasteiger partial charge in [-0.1, -0.05) is 65.2 Å². The zero-order valence-electron chi connectivity index (χ0n) is 19.2. The average Bonchev–Trinajstić information content (AvgIpc) is 2.73. The van der Waals surface area contributed by atoms with Crippen LogP contribution in [0, 0.1) is 0 Å². The Labute approximate surface area is 186 Å². The van der Waals surface area contributed by atoms with Crippen molar-refractivity contribution in [3.8, 4) is 0 Å². The highest BCUT2D eigenvalue weighted by Crippen LogP contribution is 2.09. The molecular formula is C23H40O8. The molecular weight excluding hydrogens is 404 g/mol. The van der Waals surface area contributed by atoms with E-state index in [1.165, 1.54) is 0 Å². The largest absolute Gasteiger partial charge is 0.481 e. The molecule has 0 saturated carbocycles. The number of ketones is 1. The van der Waals surface area contributed by atoms with Crippen LogP contribution in [0.25, 0.3) is 0 Å². The number of unbranched alkanes of at least 4 members (excludes halogenated alkanes) is 8. The number of esters is 2. The number of carbonyl (C=O) groups is 4. The van der Waals surface area contributed by atoms with Gasteiger partial charge in [-0.05, 0) is 12.8 Å². The summed E-state index contributed by atoms with van der Waals surface area (Å²) in [6, 6.07) is 0. The van der Waals surface area contributed by atoms with E-state index in [2.05, 4.69) is 13.8 Å². The van der Waals surface area contributed by atoms with E-state index >= 15 is 0 Å². The number of carboxylic acid groups (broad SMARTS) is 1. The second kappa shape index (κ2) is 20.0. The number of hydrogen-bond donors (Lipinski definition) is 1. The third kappa shape index (κ3) is 19.7. The van der Waals surface area contributed by atoms with Crippen LogP contribution in [0.3, 0.4) is 0 Å². The van der Waals surface area contributed by atoms with Crippen molar-refractivity contribution >= 4 is 23.7 Å². The van der Waals surface area contributed by atoms with Crippen molar-refractivity contribution in [2.24, 2.45) is 0 Å². The molecule has 0 fully saturated rings. The molecule has 1 N–H and O–H groups in total. The Kier molecular flexibility index (Phi) is 18.7. The topological polar surface area (TPSA) is 116 Å². The van der Waals surface area contributed by atoms with Crippen molar-refractivity contribution in [1.82, 2.24) is 0 Å². The highest BCUT2D eigenvalue weighted by atomic mass is 16.7. The normalized spacial score (nSPS) is 11.7. The Hall–Kier alpha value is -1.96. The summed E-state index contributed by atoms with van der Waals surface area (Å²) in [6.07, 6.45) is 8.80. The van der Waals surface area contributed by atoms with Gasteiger partial charge in [-0.3, -0.25) is 19.2 Å². The molecule has 0 radical (unpaired) electrons. The Morgan fingerprint density at radius 3 is 1.87 bits per heavy atom. The van der Waals surface area contributed by atoms with Crippen molar-refractivity contribution in [1.29, 1.82) is 0 Å². The summed E-state index contributed by atoms with van der Waals surface area (Å²) in [7, 11) is 0. The van der Waals surface area contributed by atoms with Gasteiger partial charge in [0.15, 0.2) is 12.4 Å². The molecule has 0 aromatic carbocycles. The maximum Gasteiger partial charge on any atom is 0.308 e. The van der Waals surface area contributed by atoms with Crippen LogP contribution in [0.2, 0.25) is 0 Å². The van der Waals surface area contributed by atoms with E-state index < -0.39 is 24.2 Å². The molecule has 8 nitrogen and oxygen atoms in total. The first-order valence-corrected chi connectivity index (χ1v) is 11.6. The van der Waals surface area contributed by atoms with Crippen LogP contribution in [0.4, 0.5) is 0 Å². The second-order valence-electron chi connectivity index (χ2n) is 7.67. The molecule has 0 aliphatic heterocycles. The maximum atomic E-state index is 12.0. The van der Waals surface area contributed by atoms with Crippen LogP contribution in [0.5, 0.6) is 0 Å². The van der Waals surface area contributed by atoms with Gasteiger partial charge in [0, 0.05) is 12.8 Å². The first-order chi connectivity index (χ1) is 14.9. The van der Waals surface area contributed by atoms with Crippen molar-refractivity contribution in [2.75, 3.05) is 13.2 Å². The third-order valence-corrected chi connectivity index (χ3v) is 4.66. The molecule has 0 heterocycles. The fourth-order valence-corrected chi connectivity index (χ4v) is 2.82. The highest BCUT2D eigenvalue weighted by molar-refractivity contribution is 5.79. The van der Waals surface area contributed by atoms with E-state index in [1.807, 2.05) is 0 Å². The van der Waals surface area contributed by atoms with Gasteiger partial charge in [0.1, 0.15) is 6.61 Å². The van der Waals surface area contributed by atoms with Gasteiger partial charge in [-0.2, -0.15) is 0 Å². The van der Waals surface area contributed by atoms with E-state index in [4.69, 9.17) is 19.3 Å². The number of aliphatic carboxylic acids is 1. The van der Waals surface area contributed by atoms with E-state index in [9.17, 15) is 19.2 Å². The molecule has 0 aromatic rings. The number of carbonyl (C=O) groups excluding carboxylic acids is 3. The minimum Gasteiger partial charge on any atom is -0.481 e. The lowest BCUT2D eigenvalue weighted by molar-refractivity contribution is -0.195. The van der Waals surface area contributed by atoms with Crippen molar-refractivity contribution in [3.05, 3.63) is 0 Å². The van der Waals surface area contributed by atoms with E-state index in [0.717, 1.165) is 64.2 Å². The number of Topliss-reactive ketones (excluding diaryl/α,β-unsaturated/α-hetero) is 1. The molecule has 0 rings (SSSR count). The van der Waals surface area contributed by atoms with Gasteiger partial charge < -0.3 is 19.3 Å². The smallest absolute Gasteiger partial charge is 0.308 e. The second-order valence-corrected chi connectivity index (χ2v) is 7.67. The molecule has 8 heteroatoms. The van der Waals surface area contributed by atoms with Crippen molar-refractivity contribution in [3.63, 3.8) is 0 Å². The number of hydrogen-bond acceptors (Lipinski definition) is 7. The summed E-state index contributed by atoms with van der Waals surface area (Å²) in [5.41, 5.74) is 0. The van der Waals surface area contributed by atoms with Crippen LogP contribution in [-0.2, 0) is 33.4 Å². The van der Waals surface area contributed by atoms with Gasteiger partial charge in [-0.25, -0.2) is 0 Å². The Morgan fingerprint density at radius 2 is 1.29 bits per heavy atom. The summed E-state index contributed by atoms with van der Waals surface area (Å²) in [4.78, 5) is 46.3. The standard InChI is InChI=1S/C23H40O8/c1-3-5-7-9-11-13-19(24)17-30-23(31-22(28)16-15-20(25)26)18-29-21(27)14-12-10-8-6-4-2/h23H,3-18H2,1-2H3,(H,25,26). The first kappa shape index (κ1) is 29.0. The van der Waals surface area contributed by atoms with E-state index in [1.54, 1.807) is 0 Å². The molecule has 180 valence electrons. The molecule has 0 aliphatic rings. The Morgan fingerprint density at radius 1 is 0.710 bits per heavy atom. The fourth-order valence-electron chi connectivity index (χ4n) is 2.82. The van der Waals surface area contributed by atoms with Crippen LogP contribution >= 0.6 is 0 Å². The highest BCUT2D eigenvalue weighted by Gasteiger charge is 2.19. The maximum absolute atomic E-state index is 12.0. The van der Waals surface area contributed by atoms with E-state index in [-0.39, 0.29) is 38.3 Å². The molecule has 1 atom stereocenters. The molecule has 1 unspecified atom stereocenters. The lowest BCUT2D eigenvalue weighted by Gasteiger charge is -2.18. The van der Waals surface area contributed by atoms with Crippen LogP contribution in [-0.4, -0.2) is 48.3 Å². The zero-order chi connectivity index (χ0) is 23.3. The summed E-state index contributed by atoms with van der Waals surface area (Å²) in [5, 5.41) is 8.67. The lowest BCUT2D eigenvalue weighted by atomic mass is 10.1. The van der Waals surface area contributed by atoms with Gasteiger partial charge in [0.25, 0.3) is 0 Å². The van der Waals surface area contributed by atoms with Gasteiger partial charge in [0.2, 0.25) is 6.29 Å². The van der Waals surface area contributed by atoms with Crippen LogP contribution in [0.1, 0.15) is 104 Å². The number of carboxylic acids is 1.